The van der Waals surface area contributed by atoms with Crippen LogP contribution in [0.3, 0.4) is 0 Å². The molecule has 0 saturated carbocycles. The van der Waals surface area contributed by atoms with Crippen LogP contribution in [0.4, 0.5) is 0 Å². The summed E-state index contributed by atoms with van der Waals surface area (Å²) in [5, 5.41) is 2.77. The molecule has 1 heterocycles. The van der Waals surface area contributed by atoms with E-state index in [0.717, 1.165) is 6.42 Å². The molecule has 1 rings (SSSR count). The maximum absolute atomic E-state index is 12.3. The topological polar surface area (TPSA) is 67.9 Å². The summed E-state index contributed by atoms with van der Waals surface area (Å²) in [5.41, 5.74) is 0. The van der Waals surface area contributed by atoms with Crippen molar-refractivity contribution in [2.75, 3.05) is 33.5 Å². The highest BCUT2D eigenvalue weighted by Gasteiger charge is 2.32. The van der Waals surface area contributed by atoms with Crippen molar-refractivity contribution in [1.29, 1.82) is 0 Å². The number of hydrogen-bond acceptors (Lipinski definition) is 4. The number of hydrogen-bond donors (Lipinski definition) is 1. The van der Waals surface area contributed by atoms with Crippen LogP contribution in [0.25, 0.3) is 0 Å². The molecule has 2 atom stereocenters. The summed E-state index contributed by atoms with van der Waals surface area (Å²) >= 11 is 0. The molecule has 0 aromatic rings. The zero-order chi connectivity index (χ0) is 15.0. The van der Waals surface area contributed by atoms with E-state index in [1.54, 1.807) is 12.0 Å². The molecule has 0 aromatic heterocycles. The van der Waals surface area contributed by atoms with E-state index in [1.807, 2.05) is 13.8 Å². The van der Waals surface area contributed by atoms with Gasteiger partial charge < -0.3 is 19.7 Å². The molecule has 0 bridgehead atoms. The van der Waals surface area contributed by atoms with E-state index in [0.29, 0.717) is 39.2 Å². The molecule has 2 amide bonds. The van der Waals surface area contributed by atoms with Gasteiger partial charge in [0.1, 0.15) is 6.04 Å². The fraction of sp³-hybridized carbons (Fsp3) is 0.857. The fourth-order valence-electron chi connectivity index (χ4n) is 2.29. The van der Waals surface area contributed by atoms with Crippen molar-refractivity contribution in [3.8, 4) is 0 Å². The standard InChI is InChI=1S/C14H26N2O4/c1-4-12-14(18)16(11(2)10-13(17)15-12)6-9-20-8-5-7-19-3/h11-12H,4-10H2,1-3H3,(H,15,17). The van der Waals surface area contributed by atoms with Crippen LogP contribution in [-0.4, -0.2) is 62.3 Å². The summed E-state index contributed by atoms with van der Waals surface area (Å²) < 4.78 is 10.4. The first-order valence-corrected chi connectivity index (χ1v) is 7.26. The van der Waals surface area contributed by atoms with Gasteiger partial charge in [-0.2, -0.15) is 0 Å². The molecular formula is C14H26N2O4. The Labute approximate surface area is 120 Å². The van der Waals surface area contributed by atoms with E-state index in [9.17, 15) is 9.59 Å². The summed E-state index contributed by atoms with van der Waals surface area (Å²) in [7, 11) is 1.66. The maximum atomic E-state index is 12.3. The molecule has 0 aliphatic carbocycles. The molecule has 1 saturated heterocycles. The van der Waals surface area contributed by atoms with Crippen molar-refractivity contribution < 1.29 is 19.1 Å². The Kier molecular flexibility index (Phi) is 7.54. The van der Waals surface area contributed by atoms with Gasteiger partial charge >= 0.3 is 0 Å². The second-order valence-electron chi connectivity index (χ2n) is 5.07. The monoisotopic (exact) mass is 286 g/mol. The average molecular weight is 286 g/mol. The fourth-order valence-corrected chi connectivity index (χ4v) is 2.29. The predicted molar refractivity (Wildman–Crippen MR) is 75.3 cm³/mol. The van der Waals surface area contributed by atoms with Crippen LogP contribution in [-0.2, 0) is 19.1 Å². The van der Waals surface area contributed by atoms with Crippen LogP contribution in [0.2, 0.25) is 0 Å². The second kappa shape index (κ2) is 8.92. The number of carbonyl (C=O) groups is 2. The first kappa shape index (κ1) is 16.9. The molecule has 0 aromatic carbocycles. The summed E-state index contributed by atoms with van der Waals surface area (Å²) in [6.07, 6.45) is 1.81. The Morgan fingerprint density at radius 3 is 2.70 bits per heavy atom. The van der Waals surface area contributed by atoms with Gasteiger partial charge in [-0.1, -0.05) is 6.92 Å². The molecule has 2 unspecified atom stereocenters. The van der Waals surface area contributed by atoms with Gasteiger partial charge in [-0.05, 0) is 19.8 Å². The van der Waals surface area contributed by atoms with E-state index in [1.165, 1.54) is 0 Å². The van der Waals surface area contributed by atoms with Crippen LogP contribution in [0.15, 0.2) is 0 Å². The van der Waals surface area contributed by atoms with Crippen molar-refractivity contribution in [3.05, 3.63) is 0 Å². The molecule has 6 heteroatoms. The van der Waals surface area contributed by atoms with Gasteiger partial charge in [0.15, 0.2) is 0 Å². The van der Waals surface area contributed by atoms with Gasteiger partial charge in [-0.15, -0.1) is 0 Å². The zero-order valence-electron chi connectivity index (χ0n) is 12.7. The number of methoxy groups -OCH3 is 1. The van der Waals surface area contributed by atoms with Crippen LogP contribution in [0.1, 0.15) is 33.1 Å². The van der Waals surface area contributed by atoms with Crippen LogP contribution in [0.5, 0.6) is 0 Å². The van der Waals surface area contributed by atoms with Crippen molar-refractivity contribution in [1.82, 2.24) is 10.2 Å². The second-order valence-corrected chi connectivity index (χ2v) is 5.07. The van der Waals surface area contributed by atoms with Gasteiger partial charge in [0.2, 0.25) is 11.8 Å². The third-order valence-corrected chi connectivity index (χ3v) is 3.45. The summed E-state index contributed by atoms with van der Waals surface area (Å²) in [6.45, 7) is 6.12. The number of amides is 2. The Hall–Kier alpha value is -1.14. The van der Waals surface area contributed by atoms with Crippen molar-refractivity contribution >= 4 is 11.8 Å². The molecule has 116 valence electrons. The summed E-state index contributed by atoms with van der Waals surface area (Å²) in [4.78, 5) is 25.8. The highest BCUT2D eigenvalue weighted by atomic mass is 16.5. The zero-order valence-corrected chi connectivity index (χ0v) is 12.7. The van der Waals surface area contributed by atoms with E-state index >= 15 is 0 Å². The maximum Gasteiger partial charge on any atom is 0.245 e. The van der Waals surface area contributed by atoms with Gasteiger partial charge in [-0.3, -0.25) is 9.59 Å². The Bertz CT molecular complexity index is 322. The first-order chi connectivity index (χ1) is 9.60. The molecule has 1 N–H and O–H groups in total. The van der Waals surface area contributed by atoms with E-state index < -0.39 is 6.04 Å². The Morgan fingerprint density at radius 1 is 1.30 bits per heavy atom. The van der Waals surface area contributed by atoms with Crippen molar-refractivity contribution in [2.45, 2.75) is 45.2 Å². The lowest BCUT2D eigenvalue weighted by atomic mass is 10.2. The minimum absolute atomic E-state index is 0.00802. The van der Waals surface area contributed by atoms with E-state index in [2.05, 4.69) is 5.32 Å². The van der Waals surface area contributed by atoms with Gasteiger partial charge in [0.05, 0.1) is 6.61 Å². The van der Waals surface area contributed by atoms with Gasteiger partial charge in [-0.25, -0.2) is 0 Å². The number of rotatable bonds is 8. The normalized spacial score (nSPS) is 23.6. The minimum atomic E-state index is -0.402. The molecule has 1 aliphatic rings. The highest BCUT2D eigenvalue weighted by molar-refractivity contribution is 5.90. The molecule has 0 radical (unpaired) electrons. The highest BCUT2D eigenvalue weighted by Crippen LogP contribution is 2.12. The lowest BCUT2D eigenvalue weighted by Gasteiger charge is -2.28. The molecule has 6 nitrogen and oxygen atoms in total. The third-order valence-electron chi connectivity index (χ3n) is 3.45. The predicted octanol–water partition coefficient (Wildman–Crippen LogP) is 0.555. The largest absolute Gasteiger partial charge is 0.385 e. The number of carbonyl (C=O) groups excluding carboxylic acids is 2. The van der Waals surface area contributed by atoms with Gasteiger partial charge in [0, 0.05) is 39.3 Å². The molecule has 0 spiro atoms. The SMILES string of the molecule is CCC1NC(=O)CC(C)N(CCOCCCOC)C1=O. The van der Waals surface area contributed by atoms with E-state index in [-0.39, 0.29) is 17.9 Å². The smallest absolute Gasteiger partial charge is 0.245 e. The first-order valence-electron chi connectivity index (χ1n) is 7.26. The minimum Gasteiger partial charge on any atom is -0.385 e. The Balaban J connectivity index is 2.44. The summed E-state index contributed by atoms with van der Waals surface area (Å²) in [6, 6.07) is -0.484. The summed E-state index contributed by atoms with van der Waals surface area (Å²) in [5.74, 6) is -0.0624. The van der Waals surface area contributed by atoms with Crippen LogP contribution >= 0.6 is 0 Å². The van der Waals surface area contributed by atoms with E-state index in [4.69, 9.17) is 9.47 Å². The van der Waals surface area contributed by atoms with Crippen molar-refractivity contribution in [3.63, 3.8) is 0 Å². The number of ether oxygens (including phenoxy) is 2. The van der Waals surface area contributed by atoms with Crippen molar-refractivity contribution in [2.24, 2.45) is 0 Å². The lowest BCUT2D eigenvalue weighted by Crippen LogP contribution is -2.47. The molecular weight excluding hydrogens is 260 g/mol. The van der Waals surface area contributed by atoms with Crippen LogP contribution < -0.4 is 5.32 Å². The quantitative estimate of drug-likeness (QED) is 0.662. The van der Waals surface area contributed by atoms with Crippen LogP contribution in [0, 0.1) is 0 Å². The average Bonchev–Trinajstić information content (AvgIpc) is 2.52. The molecule has 1 fully saturated rings. The molecule has 20 heavy (non-hydrogen) atoms. The lowest BCUT2D eigenvalue weighted by molar-refractivity contribution is -0.135. The number of nitrogens with one attached hydrogen (secondary N) is 1. The van der Waals surface area contributed by atoms with Gasteiger partial charge in [0.25, 0.3) is 0 Å². The number of nitrogens with zero attached hydrogens (tertiary/aromatic N) is 1. The molecule has 1 aliphatic heterocycles. The Morgan fingerprint density at radius 2 is 2.05 bits per heavy atom. The third kappa shape index (κ3) is 5.09.